The van der Waals surface area contributed by atoms with Crippen LogP contribution in [-0.4, -0.2) is 6.54 Å². The van der Waals surface area contributed by atoms with Crippen molar-refractivity contribution >= 4 is 27.2 Å². The minimum Gasteiger partial charge on any atom is -0.352 e. The molecule has 0 amide bonds. The average molecular weight is 735 g/mol. The van der Waals surface area contributed by atoms with Gasteiger partial charge in [0.2, 0.25) is 0 Å². The van der Waals surface area contributed by atoms with Crippen LogP contribution < -0.4 is 10.2 Å². The van der Waals surface area contributed by atoms with Crippen molar-refractivity contribution in [1.29, 1.82) is 0 Å². The number of para-hydroxylation sites is 1. The van der Waals surface area contributed by atoms with Gasteiger partial charge in [-0.2, -0.15) is 0 Å². The molecule has 0 fully saturated rings. The van der Waals surface area contributed by atoms with E-state index in [1.54, 1.807) is 0 Å². The summed E-state index contributed by atoms with van der Waals surface area (Å²) in [5.41, 5.74) is 13.3. The van der Waals surface area contributed by atoms with E-state index in [2.05, 4.69) is 236 Å². The van der Waals surface area contributed by atoms with E-state index in [0.29, 0.717) is 0 Å². The molecule has 2 atom stereocenters. The maximum absolute atomic E-state index is 4.11. The Bertz CT molecular complexity index is 2710. The van der Waals surface area contributed by atoms with Gasteiger partial charge in [0.05, 0.1) is 0 Å². The van der Waals surface area contributed by atoms with Gasteiger partial charge in [-0.3, -0.25) is 5.32 Å². The summed E-state index contributed by atoms with van der Waals surface area (Å²) in [6, 6.07) is 77.4. The number of nitrogens with one attached hydrogen (secondary N) is 1. The molecule has 0 bridgehead atoms. The van der Waals surface area contributed by atoms with Crippen molar-refractivity contribution in [2.75, 3.05) is 11.4 Å². The summed E-state index contributed by atoms with van der Waals surface area (Å²) in [6.07, 6.45) is -0.0414. The fourth-order valence-corrected chi connectivity index (χ4v) is 8.46. The number of hydrogen-bond acceptors (Lipinski definition) is 2. The Hall–Kier alpha value is -6.74. The van der Waals surface area contributed by atoms with Crippen LogP contribution in [0.25, 0.3) is 66.1 Å². The number of benzene rings is 9. The Morgan fingerprint density at radius 1 is 0.421 bits per heavy atom. The Morgan fingerprint density at radius 3 is 1.60 bits per heavy atom. The van der Waals surface area contributed by atoms with E-state index in [4.69, 9.17) is 0 Å². The zero-order chi connectivity index (χ0) is 38.6. The van der Waals surface area contributed by atoms with Crippen LogP contribution in [0.3, 0.4) is 0 Å². The number of rotatable bonds is 11. The Labute approximate surface area is 336 Å². The van der Waals surface area contributed by atoms with Gasteiger partial charge < -0.3 is 4.90 Å². The van der Waals surface area contributed by atoms with Crippen LogP contribution in [0.2, 0.25) is 0 Å². The molecule has 0 aliphatic carbocycles. The molecule has 2 heteroatoms. The van der Waals surface area contributed by atoms with Gasteiger partial charge in [0.15, 0.2) is 0 Å². The lowest BCUT2D eigenvalue weighted by atomic mass is 9.86. The molecule has 2 unspecified atom stereocenters. The lowest BCUT2D eigenvalue weighted by Gasteiger charge is -2.36. The van der Waals surface area contributed by atoms with Gasteiger partial charge in [-0.1, -0.05) is 170 Å². The first kappa shape index (κ1) is 35.9. The van der Waals surface area contributed by atoms with E-state index in [1.165, 1.54) is 82.9 Å². The first-order chi connectivity index (χ1) is 28.1. The predicted molar refractivity (Wildman–Crippen MR) is 243 cm³/mol. The standard InChI is InChI=1S/C55H46N2/c1-3-57(49-28-14-7-15-29-49)55(42-24-12-6-13-25-42)56-39(2)46-35-47(40-20-8-4-9-21-40)37-48(36-46)53-38-45(32-33-50(53)41-22-10-5-11-23-41)54-51-30-18-16-26-43(51)34-44-27-17-19-31-52(44)54/h4-39,55-56H,3H2,1-2H3. The molecule has 0 saturated carbocycles. The van der Waals surface area contributed by atoms with Crippen LogP contribution in [0.15, 0.2) is 212 Å². The van der Waals surface area contributed by atoms with Gasteiger partial charge in [0, 0.05) is 18.3 Å². The van der Waals surface area contributed by atoms with Crippen molar-refractivity contribution in [2.24, 2.45) is 0 Å². The highest BCUT2D eigenvalue weighted by atomic mass is 15.3. The summed E-state index contributed by atoms with van der Waals surface area (Å²) in [4.78, 5) is 2.46. The van der Waals surface area contributed by atoms with E-state index in [1.807, 2.05) is 0 Å². The van der Waals surface area contributed by atoms with Gasteiger partial charge in [-0.25, -0.2) is 0 Å². The average Bonchev–Trinajstić information content (AvgIpc) is 3.29. The SMILES string of the molecule is CCN(c1ccccc1)C(NC(C)c1cc(-c2ccccc2)cc(-c2cc(-c3c4ccccc4cc4ccccc34)ccc2-c2ccccc2)c1)c1ccccc1. The molecule has 0 aliphatic heterocycles. The van der Waals surface area contributed by atoms with E-state index in [-0.39, 0.29) is 12.2 Å². The number of fused-ring (bicyclic) bond motifs is 2. The van der Waals surface area contributed by atoms with E-state index >= 15 is 0 Å². The van der Waals surface area contributed by atoms with Crippen LogP contribution in [0.5, 0.6) is 0 Å². The third-order valence-corrected chi connectivity index (χ3v) is 11.3. The smallest absolute Gasteiger partial charge is 0.106 e. The molecule has 0 aliphatic rings. The zero-order valence-corrected chi connectivity index (χ0v) is 32.5. The van der Waals surface area contributed by atoms with Gasteiger partial charge in [0.25, 0.3) is 0 Å². The highest BCUT2D eigenvalue weighted by molar-refractivity contribution is 6.13. The second kappa shape index (κ2) is 16.2. The quantitative estimate of drug-likeness (QED) is 0.105. The minimum absolute atomic E-state index is 0.0146. The fourth-order valence-electron chi connectivity index (χ4n) is 8.46. The predicted octanol–water partition coefficient (Wildman–Crippen LogP) is 14.5. The van der Waals surface area contributed by atoms with Gasteiger partial charge in [-0.15, -0.1) is 0 Å². The Morgan fingerprint density at radius 2 is 0.965 bits per heavy atom. The second-order valence-corrected chi connectivity index (χ2v) is 14.9. The molecule has 9 aromatic carbocycles. The third kappa shape index (κ3) is 7.36. The van der Waals surface area contributed by atoms with Crippen LogP contribution in [-0.2, 0) is 0 Å². The van der Waals surface area contributed by atoms with E-state index < -0.39 is 0 Å². The van der Waals surface area contributed by atoms with Gasteiger partial charge >= 0.3 is 0 Å². The summed E-state index contributed by atoms with van der Waals surface area (Å²) in [6.45, 7) is 5.40. The Balaban J connectivity index is 1.24. The highest BCUT2D eigenvalue weighted by Crippen LogP contribution is 2.43. The number of nitrogens with zero attached hydrogens (tertiary/aromatic N) is 1. The molecule has 0 aromatic heterocycles. The van der Waals surface area contributed by atoms with Crippen molar-refractivity contribution in [2.45, 2.75) is 26.1 Å². The highest BCUT2D eigenvalue weighted by Gasteiger charge is 2.23. The van der Waals surface area contributed by atoms with Gasteiger partial charge in [0.1, 0.15) is 6.17 Å². The van der Waals surface area contributed by atoms with Crippen molar-refractivity contribution in [1.82, 2.24) is 5.32 Å². The fraction of sp³-hybridized carbons (Fsp3) is 0.0909. The van der Waals surface area contributed by atoms with Crippen LogP contribution in [0, 0.1) is 0 Å². The van der Waals surface area contributed by atoms with Gasteiger partial charge in [-0.05, 0) is 133 Å². The zero-order valence-electron chi connectivity index (χ0n) is 32.5. The molecular weight excluding hydrogens is 689 g/mol. The maximum atomic E-state index is 4.11. The number of anilines is 1. The summed E-state index contributed by atoms with van der Waals surface area (Å²) < 4.78 is 0. The molecule has 0 spiro atoms. The van der Waals surface area contributed by atoms with Crippen molar-refractivity contribution < 1.29 is 0 Å². The Kier molecular flexibility index (Phi) is 10.2. The molecule has 0 saturated heterocycles. The first-order valence-corrected chi connectivity index (χ1v) is 20.1. The largest absolute Gasteiger partial charge is 0.352 e. The lowest BCUT2D eigenvalue weighted by Crippen LogP contribution is -2.39. The molecule has 0 radical (unpaired) electrons. The molecule has 9 aromatic rings. The van der Waals surface area contributed by atoms with Crippen molar-refractivity contribution in [3.63, 3.8) is 0 Å². The topological polar surface area (TPSA) is 15.3 Å². The third-order valence-electron chi connectivity index (χ3n) is 11.3. The van der Waals surface area contributed by atoms with Crippen molar-refractivity contribution in [3.05, 3.63) is 223 Å². The number of hydrogen-bond donors (Lipinski definition) is 1. The summed E-state index contributed by atoms with van der Waals surface area (Å²) in [5.74, 6) is 0. The van der Waals surface area contributed by atoms with Crippen LogP contribution >= 0.6 is 0 Å². The molecule has 1 N–H and O–H groups in total. The first-order valence-electron chi connectivity index (χ1n) is 20.1. The monoisotopic (exact) mass is 734 g/mol. The summed E-state index contributed by atoms with van der Waals surface area (Å²) >= 11 is 0. The molecule has 276 valence electrons. The van der Waals surface area contributed by atoms with E-state index in [0.717, 1.165) is 6.54 Å². The molecule has 0 heterocycles. The molecular formula is C55H46N2. The van der Waals surface area contributed by atoms with Crippen LogP contribution in [0.1, 0.15) is 37.2 Å². The minimum atomic E-state index is -0.0414. The lowest BCUT2D eigenvalue weighted by molar-refractivity contribution is 0.449. The van der Waals surface area contributed by atoms with Crippen LogP contribution in [0.4, 0.5) is 5.69 Å². The van der Waals surface area contributed by atoms with E-state index in [9.17, 15) is 0 Å². The summed E-state index contributed by atoms with van der Waals surface area (Å²) in [7, 11) is 0. The van der Waals surface area contributed by atoms with Crippen molar-refractivity contribution in [3.8, 4) is 44.5 Å². The normalized spacial score (nSPS) is 12.4. The second-order valence-electron chi connectivity index (χ2n) is 14.9. The molecule has 57 heavy (non-hydrogen) atoms. The summed E-state index contributed by atoms with van der Waals surface area (Å²) in [5, 5.41) is 9.12. The maximum Gasteiger partial charge on any atom is 0.106 e. The molecule has 2 nitrogen and oxygen atoms in total. The molecule has 9 rings (SSSR count).